The van der Waals surface area contributed by atoms with Gasteiger partial charge in [-0.15, -0.1) is 0 Å². The lowest BCUT2D eigenvalue weighted by Crippen LogP contribution is -2.34. The monoisotopic (exact) mass is 219 g/mol. The van der Waals surface area contributed by atoms with Crippen molar-refractivity contribution in [2.24, 2.45) is 0 Å². The second kappa shape index (κ2) is 4.36. The fraction of sp³-hybridized carbons (Fsp3) is 0.462. The summed E-state index contributed by atoms with van der Waals surface area (Å²) >= 11 is 0. The molecule has 16 heavy (non-hydrogen) atoms. The lowest BCUT2D eigenvalue weighted by Gasteiger charge is -2.22. The molecule has 1 N–H and O–H groups in total. The Bertz CT molecular complexity index is 374. The zero-order valence-electron chi connectivity index (χ0n) is 9.52. The molecule has 1 aromatic carbocycles. The van der Waals surface area contributed by atoms with Gasteiger partial charge in [-0.2, -0.15) is 0 Å². The van der Waals surface area contributed by atoms with Crippen LogP contribution in [0.5, 0.6) is 0 Å². The van der Waals surface area contributed by atoms with Crippen LogP contribution >= 0.6 is 0 Å². The number of likely N-dealkylation sites (N-methyl/N-ethyl adjacent to an activating group) is 1. The summed E-state index contributed by atoms with van der Waals surface area (Å²) in [6.45, 7) is 1.67. The van der Waals surface area contributed by atoms with Crippen LogP contribution in [0.15, 0.2) is 24.3 Å². The average Bonchev–Trinajstić information content (AvgIpc) is 2.59. The zero-order chi connectivity index (χ0) is 11.6. The first-order valence-electron chi connectivity index (χ1n) is 5.56. The molecule has 0 spiro atoms. The molecule has 1 fully saturated rings. The lowest BCUT2D eigenvalue weighted by molar-refractivity contribution is 0.0523. The van der Waals surface area contributed by atoms with Gasteiger partial charge in [0.25, 0.3) is 0 Å². The molecule has 1 aliphatic heterocycles. The van der Waals surface area contributed by atoms with Crippen molar-refractivity contribution in [1.82, 2.24) is 4.90 Å². The first kappa shape index (κ1) is 11.3. The van der Waals surface area contributed by atoms with E-state index in [0.29, 0.717) is 12.0 Å². The summed E-state index contributed by atoms with van der Waals surface area (Å²) in [7, 11) is 2.02. The predicted molar refractivity (Wildman–Crippen MR) is 62.6 cm³/mol. The molecule has 0 saturated carbocycles. The molecule has 0 aromatic heterocycles. The van der Waals surface area contributed by atoms with E-state index in [2.05, 4.69) is 4.90 Å². The number of carbonyl (C=O) groups is 1. The van der Waals surface area contributed by atoms with E-state index in [1.807, 2.05) is 19.2 Å². The van der Waals surface area contributed by atoms with Crippen LogP contribution in [0.2, 0.25) is 0 Å². The maximum atomic E-state index is 10.5. The molecule has 0 bridgehead atoms. The molecule has 1 atom stereocenters. The minimum atomic E-state index is -0.600. The number of benzene rings is 1. The van der Waals surface area contributed by atoms with E-state index in [0.717, 1.165) is 31.4 Å². The van der Waals surface area contributed by atoms with Crippen molar-refractivity contribution in [1.29, 1.82) is 0 Å². The Morgan fingerprint density at radius 3 is 2.62 bits per heavy atom. The van der Waals surface area contributed by atoms with Crippen LogP contribution < -0.4 is 0 Å². The Hall–Kier alpha value is -1.19. The third kappa shape index (κ3) is 2.49. The number of aldehydes is 1. The number of rotatable bonds is 3. The van der Waals surface area contributed by atoms with Crippen molar-refractivity contribution in [2.75, 3.05) is 20.1 Å². The summed E-state index contributed by atoms with van der Waals surface area (Å²) < 4.78 is 0. The molecule has 3 nitrogen and oxygen atoms in total. The van der Waals surface area contributed by atoms with E-state index in [-0.39, 0.29) is 0 Å². The summed E-state index contributed by atoms with van der Waals surface area (Å²) in [6, 6.07) is 7.43. The maximum Gasteiger partial charge on any atom is 0.150 e. The highest BCUT2D eigenvalue weighted by Gasteiger charge is 2.34. The van der Waals surface area contributed by atoms with E-state index < -0.39 is 5.60 Å². The molecule has 0 amide bonds. The Morgan fingerprint density at radius 2 is 2.12 bits per heavy atom. The fourth-order valence-corrected chi connectivity index (χ4v) is 2.30. The smallest absolute Gasteiger partial charge is 0.150 e. The van der Waals surface area contributed by atoms with Gasteiger partial charge in [-0.1, -0.05) is 24.3 Å². The molecule has 1 heterocycles. The van der Waals surface area contributed by atoms with Crippen LogP contribution in [-0.4, -0.2) is 42.0 Å². The van der Waals surface area contributed by atoms with Crippen LogP contribution in [0.25, 0.3) is 0 Å². The topological polar surface area (TPSA) is 40.5 Å². The van der Waals surface area contributed by atoms with Crippen LogP contribution in [0.1, 0.15) is 22.3 Å². The lowest BCUT2D eigenvalue weighted by atomic mass is 9.93. The summed E-state index contributed by atoms with van der Waals surface area (Å²) in [5.41, 5.74) is 1.17. The number of aliphatic hydroxyl groups is 1. The molecular formula is C13H17NO2. The normalized spacial score (nSPS) is 25.9. The Kier molecular flexibility index (Phi) is 3.08. The van der Waals surface area contributed by atoms with Gasteiger partial charge in [0.2, 0.25) is 0 Å². The van der Waals surface area contributed by atoms with E-state index in [9.17, 15) is 9.90 Å². The van der Waals surface area contributed by atoms with Crippen LogP contribution in [0.4, 0.5) is 0 Å². The fourth-order valence-electron chi connectivity index (χ4n) is 2.30. The van der Waals surface area contributed by atoms with Crippen LogP contribution in [0, 0.1) is 0 Å². The van der Waals surface area contributed by atoms with Gasteiger partial charge in [0.15, 0.2) is 0 Å². The van der Waals surface area contributed by atoms with Crippen molar-refractivity contribution in [3.63, 3.8) is 0 Å². The maximum absolute atomic E-state index is 10.5. The van der Waals surface area contributed by atoms with Crippen LogP contribution in [-0.2, 0) is 6.42 Å². The van der Waals surface area contributed by atoms with Gasteiger partial charge in [0.1, 0.15) is 6.29 Å². The number of nitrogens with zero attached hydrogens (tertiary/aromatic N) is 1. The summed E-state index contributed by atoms with van der Waals surface area (Å²) in [6.07, 6.45) is 2.32. The number of β-amino-alcohol motifs (C(OH)–C–C–N with tert-alkyl or cyclic N) is 1. The highest BCUT2D eigenvalue weighted by atomic mass is 16.3. The van der Waals surface area contributed by atoms with E-state index >= 15 is 0 Å². The third-order valence-corrected chi connectivity index (χ3v) is 3.17. The molecular weight excluding hydrogens is 202 g/mol. The Morgan fingerprint density at radius 1 is 1.44 bits per heavy atom. The predicted octanol–water partition coefficient (Wildman–Crippen LogP) is 1.11. The molecule has 1 unspecified atom stereocenters. The Labute approximate surface area is 95.7 Å². The highest BCUT2D eigenvalue weighted by Crippen LogP contribution is 2.24. The molecule has 2 rings (SSSR count). The second-order valence-corrected chi connectivity index (χ2v) is 4.75. The quantitative estimate of drug-likeness (QED) is 0.774. The van der Waals surface area contributed by atoms with E-state index in [4.69, 9.17) is 0 Å². The average molecular weight is 219 g/mol. The van der Waals surface area contributed by atoms with Gasteiger partial charge >= 0.3 is 0 Å². The van der Waals surface area contributed by atoms with Crippen molar-refractivity contribution in [3.05, 3.63) is 35.4 Å². The van der Waals surface area contributed by atoms with Gasteiger partial charge in [-0.3, -0.25) is 4.79 Å². The number of hydrogen-bond donors (Lipinski definition) is 1. The first-order valence-corrected chi connectivity index (χ1v) is 5.56. The Balaban J connectivity index is 2.05. The summed E-state index contributed by atoms with van der Waals surface area (Å²) in [5, 5.41) is 10.3. The molecule has 1 aromatic rings. The number of likely N-dealkylation sites (tertiary alicyclic amines) is 1. The van der Waals surface area contributed by atoms with Gasteiger partial charge in [-0.05, 0) is 19.0 Å². The van der Waals surface area contributed by atoms with Gasteiger partial charge < -0.3 is 10.0 Å². The number of carbonyl (C=O) groups excluding carboxylic acids is 1. The SMILES string of the molecule is CN1CCC(O)(Cc2ccc(C=O)cc2)C1. The largest absolute Gasteiger partial charge is 0.388 e. The molecule has 86 valence electrons. The highest BCUT2D eigenvalue weighted by molar-refractivity contribution is 5.74. The van der Waals surface area contributed by atoms with Crippen molar-refractivity contribution < 1.29 is 9.90 Å². The van der Waals surface area contributed by atoms with Crippen molar-refractivity contribution in [2.45, 2.75) is 18.4 Å². The zero-order valence-corrected chi connectivity index (χ0v) is 9.52. The van der Waals surface area contributed by atoms with E-state index in [1.54, 1.807) is 12.1 Å². The third-order valence-electron chi connectivity index (χ3n) is 3.17. The standard InChI is InChI=1S/C13H17NO2/c1-14-7-6-13(16,10-14)8-11-2-4-12(9-15)5-3-11/h2-5,9,16H,6-8,10H2,1H3. The minimum Gasteiger partial charge on any atom is -0.388 e. The first-order chi connectivity index (χ1) is 7.61. The molecule has 0 radical (unpaired) electrons. The molecule has 0 aliphatic carbocycles. The number of hydrogen-bond acceptors (Lipinski definition) is 3. The van der Waals surface area contributed by atoms with Gasteiger partial charge in [0, 0.05) is 25.1 Å². The molecule has 3 heteroatoms. The van der Waals surface area contributed by atoms with Crippen molar-refractivity contribution in [3.8, 4) is 0 Å². The van der Waals surface area contributed by atoms with Gasteiger partial charge in [0.05, 0.1) is 5.60 Å². The summed E-state index contributed by atoms with van der Waals surface area (Å²) in [4.78, 5) is 12.7. The minimum absolute atomic E-state index is 0.600. The second-order valence-electron chi connectivity index (χ2n) is 4.75. The molecule has 1 aliphatic rings. The van der Waals surface area contributed by atoms with E-state index in [1.165, 1.54) is 0 Å². The van der Waals surface area contributed by atoms with Crippen molar-refractivity contribution >= 4 is 6.29 Å². The van der Waals surface area contributed by atoms with Crippen LogP contribution in [0.3, 0.4) is 0 Å². The summed E-state index contributed by atoms with van der Waals surface area (Å²) in [5.74, 6) is 0. The molecule has 1 saturated heterocycles. The van der Waals surface area contributed by atoms with Gasteiger partial charge in [-0.25, -0.2) is 0 Å².